The van der Waals surface area contributed by atoms with Gasteiger partial charge in [-0.1, -0.05) is 51.1 Å². The summed E-state index contributed by atoms with van der Waals surface area (Å²) in [5.74, 6) is 0.415. The fraction of sp³-hybridized carbons (Fsp3) is 0.438. The number of rotatable bonds is 5. The maximum atomic E-state index is 12.3. The number of hydrogen-bond donors (Lipinski definition) is 0. The standard InChI is InChI=1S/C16H23NO2/c1-16(2,3)15(18)14(11-17(4)5)19-12-13-9-7-6-8-10-13/h6-11H,12H2,1-5H3. The number of carbonyl (C=O) groups is 1. The van der Waals surface area contributed by atoms with Crippen molar-refractivity contribution >= 4 is 5.78 Å². The molecule has 0 aliphatic carbocycles. The number of carbonyl (C=O) groups excluding carboxylic acids is 1. The Hall–Kier alpha value is -1.77. The van der Waals surface area contributed by atoms with Crippen LogP contribution in [0.3, 0.4) is 0 Å². The van der Waals surface area contributed by atoms with E-state index in [2.05, 4.69) is 0 Å². The molecule has 0 unspecified atom stereocenters. The highest BCUT2D eigenvalue weighted by Crippen LogP contribution is 2.21. The number of hydrogen-bond acceptors (Lipinski definition) is 3. The minimum Gasteiger partial charge on any atom is -0.484 e. The minimum atomic E-state index is -0.446. The molecule has 1 aromatic carbocycles. The monoisotopic (exact) mass is 261 g/mol. The lowest BCUT2D eigenvalue weighted by molar-refractivity contribution is -0.126. The van der Waals surface area contributed by atoms with E-state index in [-0.39, 0.29) is 5.78 Å². The second-order valence-electron chi connectivity index (χ2n) is 5.81. The van der Waals surface area contributed by atoms with Gasteiger partial charge in [-0.05, 0) is 5.56 Å². The molecule has 104 valence electrons. The molecular weight excluding hydrogens is 238 g/mol. The van der Waals surface area contributed by atoms with Crippen LogP contribution in [0.2, 0.25) is 0 Å². The van der Waals surface area contributed by atoms with Crippen molar-refractivity contribution < 1.29 is 9.53 Å². The Morgan fingerprint density at radius 1 is 1.21 bits per heavy atom. The third-order valence-electron chi connectivity index (χ3n) is 2.52. The number of nitrogens with zero attached hydrogens (tertiary/aromatic N) is 1. The highest BCUT2D eigenvalue weighted by atomic mass is 16.5. The van der Waals surface area contributed by atoms with Crippen LogP contribution in [0.1, 0.15) is 26.3 Å². The second-order valence-corrected chi connectivity index (χ2v) is 5.81. The van der Waals surface area contributed by atoms with Gasteiger partial charge in [-0.3, -0.25) is 4.79 Å². The van der Waals surface area contributed by atoms with Gasteiger partial charge in [-0.25, -0.2) is 0 Å². The van der Waals surface area contributed by atoms with Gasteiger partial charge < -0.3 is 9.64 Å². The summed E-state index contributed by atoms with van der Waals surface area (Å²) in [6, 6.07) is 9.84. The maximum Gasteiger partial charge on any atom is 0.204 e. The van der Waals surface area contributed by atoms with Crippen LogP contribution in [0, 0.1) is 5.41 Å². The first-order valence-corrected chi connectivity index (χ1v) is 6.40. The molecule has 0 aliphatic rings. The molecule has 0 heterocycles. The Morgan fingerprint density at radius 3 is 2.26 bits per heavy atom. The quantitative estimate of drug-likeness (QED) is 0.602. The largest absolute Gasteiger partial charge is 0.484 e. The number of ketones is 1. The maximum absolute atomic E-state index is 12.3. The molecule has 0 saturated carbocycles. The molecule has 1 aromatic rings. The SMILES string of the molecule is CN(C)C=C(OCc1ccccc1)C(=O)C(C)(C)C. The molecule has 0 spiro atoms. The summed E-state index contributed by atoms with van der Waals surface area (Å²) in [4.78, 5) is 14.1. The van der Waals surface area contributed by atoms with Crippen LogP contribution in [-0.2, 0) is 16.1 Å². The molecule has 1 rings (SSSR count). The first-order chi connectivity index (χ1) is 8.80. The van der Waals surface area contributed by atoms with Crippen molar-refractivity contribution in [3.05, 3.63) is 47.9 Å². The zero-order chi connectivity index (χ0) is 14.5. The Bertz CT molecular complexity index is 442. The van der Waals surface area contributed by atoms with E-state index in [9.17, 15) is 4.79 Å². The molecule has 0 saturated heterocycles. The molecule has 0 fully saturated rings. The smallest absolute Gasteiger partial charge is 0.204 e. The van der Waals surface area contributed by atoms with Crippen molar-refractivity contribution in [3.8, 4) is 0 Å². The summed E-state index contributed by atoms with van der Waals surface area (Å²) in [5, 5.41) is 0. The van der Waals surface area contributed by atoms with Crippen molar-refractivity contribution in [1.29, 1.82) is 0 Å². The molecule has 3 heteroatoms. The van der Waals surface area contributed by atoms with Gasteiger partial charge in [0.15, 0.2) is 5.76 Å². The summed E-state index contributed by atoms with van der Waals surface area (Å²) >= 11 is 0. The highest BCUT2D eigenvalue weighted by Gasteiger charge is 2.26. The summed E-state index contributed by atoms with van der Waals surface area (Å²) in [6.07, 6.45) is 1.73. The van der Waals surface area contributed by atoms with Crippen LogP contribution in [-0.4, -0.2) is 24.8 Å². The van der Waals surface area contributed by atoms with Crippen molar-refractivity contribution in [2.75, 3.05) is 14.1 Å². The van der Waals surface area contributed by atoms with Crippen LogP contribution >= 0.6 is 0 Å². The van der Waals surface area contributed by atoms with Gasteiger partial charge in [0.25, 0.3) is 0 Å². The summed E-state index contributed by atoms with van der Waals surface area (Å²) < 4.78 is 5.70. The van der Waals surface area contributed by atoms with Crippen molar-refractivity contribution in [2.45, 2.75) is 27.4 Å². The molecular formula is C16H23NO2. The van der Waals surface area contributed by atoms with Crippen LogP contribution < -0.4 is 0 Å². The summed E-state index contributed by atoms with van der Waals surface area (Å²) in [5.41, 5.74) is 0.604. The molecule has 0 N–H and O–H groups in total. The van der Waals surface area contributed by atoms with Crippen molar-refractivity contribution in [1.82, 2.24) is 4.90 Å². The number of ether oxygens (including phenoxy) is 1. The van der Waals surface area contributed by atoms with Crippen molar-refractivity contribution in [2.24, 2.45) is 5.41 Å². The predicted octanol–water partition coefficient (Wildman–Crippen LogP) is 3.22. The van der Waals surface area contributed by atoms with E-state index >= 15 is 0 Å². The number of Topliss-reactive ketones (excluding diaryl/α,β-unsaturated/α-hetero) is 1. The molecule has 19 heavy (non-hydrogen) atoms. The lowest BCUT2D eigenvalue weighted by Gasteiger charge is -2.20. The second kappa shape index (κ2) is 6.41. The first-order valence-electron chi connectivity index (χ1n) is 6.40. The van der Waals surface area contributed by atoms with Gasteiger partial charge in [0, 0.05) is 25.7 Å². The van der Waals surface area contributed by atoms with Gasteiger partial charge in [-0.15, -0.1) is 0 Å². The lowest BCUT2D eigenvalue weighted by Crippen LogP contribution is -2.24. The lowest BCUT2D eigenvalue weighted by atomic mass is 9.90. The fourth-order valence-corrected chi connectivity index (χ4v) is 1.50. The Kier molecular flexibility index (Phi) is 5.16. The van der Waals surface area contributed by atoms with Crippen molar-refractivity contribution in [3.63, 3.8) is 0 Å². The van der Waals surface area contributed by atoms with Crippen LogP contribution in [0.15, 0.2) is 42.3 Å². The predicted molar refractivity (Wildman–Crippen MR) is 77.5 cm³/mol. The zero-order valence-corrected chi connectivity index (χ0v) is 12.4. The van der Waals surface area contributed by atoms with Gasteiger partial charge in [0.2, 0.25) is 5.78 Å². The van der Waals surface area contributed by atoms with Crippen LogP contribution in [0.5, 0.6) is 0 Å². The van der Waals surface area contributed by atoms with Crippen LogP contribution in [0.4, 0.5) is 0 Å². The minimum absolute atomic E-state index is 0.0112. The van der Waals surface area contributed by atoms with Crippen LogP contribution in [0.25, 0.3) is 0 Å². The molecule has 0 aromatic heterocycles. The molecule has 3 nitrogen and oxygen atoms in total. The summed E-state index contributed by atoms with van der Waals surface area (Å²) in [7, 11) is 3.75. The Balaban J connectivity index is 2.80. The van der Waals surface area contributed by atoms with E-state index in [0.717, 1.165) is 5.56 Å². The average Bonchev–Trinajstić information content (AvgIpc) is 2.33. The average molecular weight is 261 g/mol. The first kappa shape index (κ1) is 15.3. The highest BCUT2D eigenvalue weighted by molar-refractivity contribution is 5.97. The molecule has 0 amide bonds. The number of allylic oxidation sites excluding steroid dienone is 1. The molecule has 0 atom stereocenters. The zero-order valence-electron chi connectivity index (χ0n) is 12.4. The Labute approximate surface area is 115 Å². The van der Waals surface area contributed by atoms with E-state index in [0.29, 0.717) is 12.4 Å². The third-order valence-corrected chi connectivity index (χ3v) is 2.52. The van der Waals surface area contributed by atoms with E-state index < -0.39 is 5.41 Å². The molecule has 0 radical (unpaired) electrons. The van der Waals surface area contributed by atoms with E-state index in [1.165, 1.54) is 0 Å². The normalized spacial score (nSPS) is 12.2. The van der Waals surface area contributed by atoms with Gasteiger partial charge in [0.1, 0.15) is 6.61 Å². The molecule has 0 bridgehead atoms. The fourth-order valence-electron chi connectivity index (χ4n) is 1.50. The number of benzene rings is 1. The van der Waals surface area contributed by atoms with Gasteiger partial charge in [0.05, 0.1) is 0 Å². The Morgan fingerprint density at radius 2 is 1.79 bits per heavy atom. The summed E-state index contributed by atoms with van der Waals surface area (Å²) in [6.45, 7) is 6.09. The third kappa shape index (κ3) is 5.16. The van der Waals surface area contributed by atoms with E-state index in [4.69, 9.17) is 4.74 Å². The van der Waals surface area contributed by atoms with E-state index in [1.54, 1.807) is 6.20 Å². The van der Waals surface area contributed by atoms with Gasteiger partial charge in [-0.2, -0.15) is 0 Å². The molecule has 0 aliphatic heterocycles. The topological polar surface area (TPSA) is 29.5 Å². The van der Waals surface area contributed by atoms with E-state index in [1.807, 2.05) is 70.1 Å². The van der Waals surface area contributed by atoms with Gasteiger partial charge >= 0.3 is 0 Å².